The van der Waals surface area contributed by atoms with Crippen LogP contribution in [0.4, 0.5) is 4.39 Å². The Morgan fingerprint density at radius 1 is 1.47 bits per heavy atom. The Kier molecular flexibility index (Phi) is 4.56. The molecule has 0 radical (unpaired) electrons. The van der Waals surface area contributed by atoms with E-state index in [2.05, 4.69) is 4.98 Å². The first-order valence-corrected chi connectivity index (χ1v) is 6.67. The van der Waals surface area contributed by atoms with Crippen molar-refractivity contribution in [2.75, 3.05) is 0 Å². The maximum absolute atomic E-state index is 13.7. The van der Waals surface area contributed by atoms with Gasteiger partial charge in [-0.15, -0.1) is 0 Å². The zero-order valence-electron chi connectivity index (χ0n) is 10.8. The molecule has 2 N–H and O–H groups in total. The lowest BCUT2D eigenvalue weighted by Crippen LogP contribution is -2.21. The van der Waals surface area contributed by atoms with Gasteiger partial charge in [-0.25, -0.2) is 9.37 Å². The number of benzene rings is 1. The Morgan fingerprint density at radius 2 is 2.26 bits per heavy atom. The van der Waals surface area contributed by atoms with Crippen molar-refractivity contribution in [2.24, 2.45) is 5.73 Å². The normalized spacial score (nSPS) is 12.6. The number of halogens is 2. The topological polar surface area (TPSA) is 43.8 Å². The molecule has 3 nitrogen and oxygen atoms in total. The third kappa shape index (κ3) is 3.55. The van der Waals surface area contributed by atoms with Crippen LogP contribution >= 0.6 is 11.6 Å². The van der Waals surface area contributed by atoms with E-state index in [0.29, 0.717) is 17.1 Å². The van der Waals surface area contributed by atoms with Gasteiger partial charge in [0.2, 0.25) is 0 Å². The van der Waals surface area contributed by atoms with Crippen LogP contribution in [0.15, 0.2) is 30.7 Å². The molecule has 0 saturated carbocycles. The zero-order chi connectivity index (χ0) is 13.8. The van der Waals surface area contributed by atoms with Crippen LogP contribution < -0.4 is 5.73 Å². The van der Waals surface area contributed by atoms with E-state index in [1.54, 1.807) is 18.5 Å². The fourth-order valence-corrected chi connectivity index (χ4v) is 2.10. The smallest absolute Gasteiger partial charge is 0.129 e. The van der Waals surface area contributed by atoms with Crippen LogP contribution in [0, 0.1) is 5.82 Å². The monoisotopic (exact) mass is 281 g/mol. The molecule has 0 aliphatic rings. The van der Waals surface area contributed by atoms with Crippen molar-refractivity contribution >= 4 is 11.6 Å². The van der Waals surface area contributed by atoms with Crippen molar-refractivity contribution in [3.8, 4) is 0 Å². The molecule has 1 heterocycles. The second-order valence-corrected chi connectivity index (χ2v) is 5.02. The Morgan fingerprint density at radius 3 is 2.95 bits per heavy atom. The lowest BCUT2D eigenvalue weighted by atomic mass is 10.1. The van der Waals surface area contributed by atoms with Gasteiger partial charge in [0.05, 0.1) is 18.6 Å². The van der Waals surface area contributed by atoms with Gasteiger partial charge in [0, 0.05) is 29.2 Å². The van der Waals surface area contributed by atoms with Crippen molar-refractivity contribution in [3.63, 3.8) is 0 Å². The number of rotatable bonds is 5. The second kappa shape index (κ2) is 6.17. The highest BCUT2D eigenvalue weighted by atomic mass is 35.5. The molecule has 0 spiro atoms. The lowest BCUT2D eigenvalue weighted by molar-refractivity contribution is 0.599. The van der Waals surface area contributed by atoms with Gasteiger partial charge in [0.15, 0.2) is 0 Å². The van der Waals surface area contributed by atoms with E-state index in [9.17, 15) is 4.39 Å². The first kappa shape index (κ1) is 14.0. The van der Waals surface area contributed by atoms with E-state index in [4.69, 9.17) is 17.3 Å². The molecule has 0 aliphatic heterocycles. The summed E-state index contributed by atoms with van der Waals surface area (Å²) in [6.07, 6.45) is 5.21. The second-order valence-electron chi connectivity index (χ2n) is 4.61. The molecular weight excluding hydrogens is 265 g/mol. The van der Waals surface area contributed by atoms with E-state index in [1.807, 2.05) is 17.7 Å². The summed E-state index contributed by atoms with van der Waals surface area (Å²) in [5, 5.41) is 0.431. The average molecular weight is 282 g/mol. The molecule has 0 bridgehead atoms. The number of aromatic nitrogens is 2. The maximum atomic E-state index is 13.7. The summed E-state index contributed by atoms with van der Waals surface area (Å²) in [5.41, 5.74) is 7.28. The molecule has 1 aromatic carbocycles. The average Bonchev–Trinajstić information content (AvgIpc) is 2.81. The summed E-state index contributed by atoms with van der Waals surface area (Å²) in [5.74, 6) is -0.298. The first-order valence-electron chi connectivity index (χ1n) is 6.29. The van der Waals surface area contributed by atoms with Gasteiger partial charge < -0.3 is 10.3 Å². The molecule has 0 amide bonds. The number of hydrogen-bond donors (Lipinski definition) is 1. The van der Waals surface area contributed by atoms with E-state index in [-0.39, 0.29) is 11.9 Å². The molecular formula is C14H17ClFN3. The lowest BCUT2D eigenvalue weighted by Gasteiger charge is -2.07. The van der Waals surface area contributed by atoms with E-state index in [1.165, 1.54) is 6.07 Å². The van der Waals surface area contributed by atoms with Crippen LogP contribution in [0.1, 0.15) is 24.6 Å². The summed E-state index contributed by atoms with van der Waals surface area (Å²) in [4.78, 5) is 4.28. The molecule has 5 heteroatoms. The van der Waals surface area contributed by atoms with Crippen LogP contribution in [0.5, 0.6) is 0 Å². The summed E-state index contributed by atoms with van der Waals surface area (Å²) in [6.45, 7) is 2.42. The third-order valence-corrected chi connectivity index (χ3v) is 3.44. The molecule has 0 fully saturated rings. The predicted octanol–water partition coefficient (Wildman–Crippen LogP) is 3.00. The van der Waals surface area contributed by atoms with Crippen molar-refractivity contribution in [3.05, 3.63) is 52.8 Å². The van der Waals surface area contributed by atoms with Crippen LogP contribution in [-0.2, 0) is 13.0 Å². The van der Waals surface area contributed by atoms with Gasteiger partial charge in [-0.05, 0) is 18.6 Å². The minimum atomic E-state index is -0.298. The standard InChI is InChI=1S/C14H17ClFN3/c1-2-10(17)6-11-7-19(9-18-11)8-12-13(15)4-3-5-14(12)16/h3-5,7,9-10H,2,6,8,17H2,1H3. The molecule has 0 saturated heterocycles. The number of imidazole rings is 1. The van der Waals surface area contributed by atoms with Crippen molar-refractivity contribution in [1.29, 1.82) is 0 Å². The summed E-state index contributed by atoms with van der Waals surface area (Å²) in [6, 6.07) is 4.80. The van der Waals surface area contributed by atoms with E-state index < -0.39 is 0 Å². The van der Waals surface area contributed by atoms with E-state index in [0.717, 1.165) is 18.5 Å². The van der Waals surface area contributed by atoms with Gasteiger partial charge in [-0.1, -0.05) is 24.6 Å². The zero-order valence-corrected chi connectivity index (χ0v) is 11.6. The Balaban J connectivity index is 2.12. The summed E-state index contributed by atoms with van der Waals surface area (Å²) in [7, 11) is 0. The number of nitrogens with two attached hydrogens (primary N) is 1. The number of nitrogens with zero attached hydrogens (tertiary/aromatic N) is 2. The fourth-order valence-electron chi connectivity index (χ4n) is 1.88. The molecule has 0 aliphatic carbocycles. The largest absolute Gasteiger partial charge is 0.333 e. The summed E-state index contributed by atoms with van der Waals surface area (Å²) < 4.78 is 15.5. The summed E-state index contributed by atoms with van der Waals surface area (Å²) >= 11 is 6.00. The van der Waals surface area contributed by atoms with Crippen LogP contribution in [0.3, 0.4) is 0 Å². The van der Waals surface area contributed by atoms with Crippen molar-refractivity contribution in [1.82, 2.24) is 9.55 Å². The van der Waals surface area contributed by atoms with Crippen LogP contribution in [0.2, 0.25) is 5.02 Å². The Hall–Kier alpha value is -1.39. The fraction of sp³-hybridized carbons (Fsp3) is 0.357. The highest BCUT2D eigenvalue weighted by Crippen LogP contribution is 2.20. The number of hydrogen-bond acceptors (Lipinski definition) is 2. The van der Waals surface area contributed by atoms with Crippen LogP contribution in [-0.4, -0.2) is 15.6 Å². The van der Waals surface area contributed by atoms with E-state index >= 15 is 0 Å². The molecule has 2 aromatic rings. The van der Waals surface area contributed by atoms with Crippen molar-refractivity contribution < 1.29 is 4.39 Å². The molecule has 2 rings (SSSR count). The molecule has 1 aromatic heterocycles. The first-order chi connectivity index (χ1) is 9.10. The molecule has 19 heavy (non-hydrogen) atoms. The maximum Gasteiger partial charge on any atom is 0.129 e. The van der Waals surface area contributed by atoms with Gasteiger partial charge >= 0.3 is 0 Å². The van der Waals surface area contributed by atoms with Crippen LogP contribution in [0.25, 0.3) is 0 Å². The van der Waals surface area contributed by atoms with Gasteiger partial charge in [-0.2, -0.15) is 0 Å². The Labute approximate surface area is 117 Å². The minimum absolute atomic E-state index is 0.111. The van der Waals surface area contributed by atoms with Gasteiger partial charge in [-0.3, -0.25) is 0 Å². The molecule has 1 atom stereocenters. The minimum Gasteiger partial charge on any atom is -0.333 e. The highest BCUT2D eigenvalue weighted by Gasteiger charge is 2.09. The predicted molar refractivity (Wildman–Crippen MR) is 74.7 cm³/mol. The third-order valence-electron chi connectivity index (χ3n) is 3.08. The molecule has 1 unspecified atom stereocenters. The Bertz CT molecular complexity index is 533. The van der Waals surface area contributed by atoms with Gasteiger partial charge in [0.1, 0.15) is 5.82 Å². The SMILES string of the molecule is CCC(N)Cc1cn(Cc2c(F)cccc2Cl)cn1. The van der Waals surface area contributed by atoms with Gasteiger partial charge in [0.25, 0.3) is 0 Å². The highest BCUT2D eigenvalue weighted by molar-refractivity contribution is 6.31. The molecule has 102 valence electrons. The van der Waals surface area contributed by atoms with Crippen molar-refractivity contribution in [2.45, 2.75) is 32.4 Å². The quantitative estimate of drug-likeness (QED) is 0.915.